The van der Waals surface area contributed by atoms with E-state index < -0.39 is 3.68 Å². The Morgan fingerprint density at radius 3 is 2.93 bits per heavy atom. The Kier molecular flexibility index (Phi) is 3.06. The van der Waals surface area contributed by atoms with Gasteiger partial charge in [-0.25, -0.2) is 9.38 Å². The lowest BCUT2D eigenvalue weighted by molar-refractivity contribution is 0.404. The van der Waals surface area contributed by atoms with Crippen molar-refractivity contribution in [2.75, 3.05) is 0 Å². The van der Waals surface area contributed by atoms with E-state index in [-0.39, 0.29) is 12.1 Å². The molecule has 0 saturated heterocycles. The van der Waals surface area contributed by atoms with Crippen molar-refractivity contribution in [3.63, 3.8) is 0 Å². The molecular weight excluding hydrogens is 329 g/mol. The summed E-state index contributed by atoms with van der Waals surface area (Å²) in [7, 11) is 0. The Hall–Kier alpha value is -0.490. The van der Waals surface area contributed by atoms with Crippen molar-refractivity contribution in [2.45, 2.75) is 10.1 Å². The van der Waals surface area contributed by atoms with E-state index in [1.54, 1.807) is 53.1 Å². The first-order valence-electron chi connectivity index (χ1n) is 4.34. The van der Waals surface area contributed by atoms with Crippen molar-refractivity contribution in [3.05, 3.63) is 41.3 Å². The van der Waals surface area contributed by atoms with E-state index in [2.05, 4.69) is 9.98 Å². The molecule has 1 atom stereocenters. The number of hydrogen-bond donors (Lipinski definition) is 0. The van der Waals surface area contributed by atoms with Gasteiger partial charge in [0.2, 0.25) is 3.68 Å². The Morgan fingerprint density at radius 2 is 2.27 bits per heavy atom. The molecule has 1 aliphatic rings. The molecule has 0 aromatic carbocycles. The monoisotopic (exact) mass is 336 g/mol. The lowest BCUT2D eigenvalue weighted by atomic mass is 10.1. The molecule has 0 spiro atoms. The second kappa shape index (κ2) is 4.17. The molecule has 1 aromatic heterocycles. The minimum Gasteiger partial charge on any atom is -0.255 e. The molecule has 5 heteroatoms. The predicted molar refractivity (Wildman–Crippen MR) is 67.2 cm³/mol. The zero-order valence-electron chi connectivity index (χ0n) is 7.62. The summed E-state index contributed by atoms with van der Waals surface area (Å²) in [5.41, 5.74) is 0.817. The summed E-state index contributed by atoms with van der Waals surface area (Å²) in [6.07, 6.45) is 3.40. The number of allylic oxidation sites excluding steroid dienone is 1. The van der Waals surface area contributed by atoms with Gasteiger partial charge in [-0.1, -0.05) is 17.7 Å². The molecule has 1 aromatic rings. The highest BCUT2D eigenvalue weighted by Gasteiger charge is 2.35. The highest BCUT2D eigenvalue weighted by Crippen LogP contribution is 2.35. The summed E-state index contributed by atoms with van der Waals surface area (Å²) in [5.74, 6) is 0. The van der Waals surface area contributed by atoms with E-state index in [1.165, 1.54) is 0 Å². The van der Waals surface area contributed by atoms with Crippen LogP contribution < -0.4 is 0 Å². The molecule has 0 aliphatic carbocycles. The van der Waals surface area contributed by atoms with E-state index >= 15 is 0 Å². The minimum absolute atomic E-state index is 0.224. The number of alkyl halides is 2. The average Bonchev–Trinajstić information content (AvgIpc) is 2.23. The Morgan fingerprint density at radius 1 is 1.47 bits per heavy atom. The first kappa shape index (κ1) is 11.0. The molecule has 2 rings (SSSR count). The van der Waals surface area contributed by atoms with Gasteiger partial charge in [-0.05, 0) is 40.8 Å². The smallest absolute Gasteiger partial charge is 0.208 e. The predicted octanol–water partition coefficient (Wildman–Crippen LogP) is 3.46. The standard InChI is InChI=1S/C10H7ClFIN2/c11-8-4-5-10(12,13)9(15-8)7-3-1-2-6-14-7/h1-4,6H,5H2. The third kappa shape index (κ3) is 2.36. The van der Waals surface area contributed by atoms with Gasteiger partial charge in [0.05, 0.1) is 5.69 Å². The van der Waals surface area contributed by atoms with Gasteiger partial charge >= 0.3 is 0 Å². The number of rotatable bonds is 1. The van der Waals surface area contributed by atoms with Gasteiger partial charge in [-0.2, -0.15) is 0 Å². The maximum Gasteiger partial charge on any atom is 0.208 e. The van der Waals surface area contributed by atoms with Gasteiger partial charge < -0.3 is 0 Å². The molecule has 0 bridgehead atoms. The Bertz CT molecular complexity index is 428. The van der Waals surface area contributed by atoms with Gasteiger partial charge in [0.25, 0.3) is 0 Å². The van der Waals surface area contributed by atoms with E-state index in [1.807, 2.05) is 0 Å². The first-order chi connectivity index (χ1) is 7.09. The molecule has 15 heavy (non-hydrogen) atoms. The SMILES string of the molecule is FC1(I)CC=C(Cl)N=C1c1ccccn1. The fourth-order valence-electron chi connectivity index (χ4n) is 1.29. The summed E-state index contributed by atoms with van der Waals surface area (Å²) in [6.45, 7) is 0. The fraction of sp³-hybridized carbons (Fsp3) is 0.200. The zero-order chi connectivity index (χ0) is 10.9. The topological polar surface area (TPSA) is 25.2 Å². The maximum absolute atomic E-state index is 14.1. The van der Waals surface area contributed by atoms with Crippen molar-refractivity contribution in [1.29, 1.82) is 0 Å². The lowest BCUT2D eigenvalue weighted by Crippen LogP contribution is -2.29. The highest BCUT2D eigenvalue weighted by molar-refractivity contribution is 14.1. The van der Waals surface area contributed by atoms with E-state index in [0.29, 0.717) is 10.9 Å². The molecule has 2 heterocycles. The van der Waals surface area contributed by atoms with E-state index in [4.69, 9.17) is 11.6 Å². The number of nitrogens with zero attached hydrogens (tertiary/aromatic N) is 2. The summed E-state index contributed by atoms with van der Waals surface area (Å²) in [4.78, 5) is 8.07. The molecular formula is C10H7ClFIN2. The maximum atomic E-state index is 14.1. The first-order valence-corrected chi connectivity index (χ1v) is 5.79. The molecule has 0 amide bonds. The molecule has 78 valence electrons. The van der Waals surface area contributed by atoms with Gasteiger partial charge in [0.1, 0.15) is 10.9 Å². The molecule has 1 unspecified atom stereocenters. The van der Waals surface area contributed by atoms with Crippen molar-refractivity contribution < 1.29 is 4.39 Å². The number of aromatic nitrogens is 1. The average molecular weight is 337 g/mol. The van der Waals surface area contributed by atoms with Crippen LogP contribution in [0.25, 0.3) is 0 Å². The summed E-state index contributed by atoms with van der Waals surface area (Å²) >= 11 is 7.49. The van der Waals surface area contributed by atoms with Gasteiger partial charge in [-0.3, -0.25) is 4.98 Å². The van der Waals surface area contributed by atoms with Gasteiger partial charge in [-0.15, -0.1) is 0 Å². The molecule has 2 nitrogen and oxygen atoms in total. The third-order valence-corrected chi connectivity index (χ3v) is 3.19. The van der Waals surface area contributed by atoms with Crippen LogP contribution in [0.4, 0.5) is 4.39 Å². The Labute approximate surface area is 105 Å². The molecule has 1 aliphatic heterocycles. The minimum atomic E-state index is -1.52. The highest BCUT2D eigenvalue weighted by atomic mass is 127. The summed E-state index contributed by atoms with van der Waals surface area (Å²) in [6, 6.07) is 5.29. The lowest BCUT2D eigenvalue weighted by Gasteiger charge is -2.22. The third-order valence-electron chi connectivity index (χ3n) is 2.00. The molecule has 0 N–H and O–H groups in total. The number of halogens is 3. The Balaban J connectivity index is 2.47. The van der Waals surface area contributed by atoms with Crippen molar-refractivity contribution in [1.82, 2.24) is 4.98 Å². The number of aliphatic imine (C=N–C) groups is 1. The van der Waals surface area contributed by atoms with Gasteiger partial charge in [0, 0.05) is 12.6 Å². The largest absolute Gasteiger partial charge is 0.255 e. The molecule has 0 saturated carbocycles. The molecule has 0 radical (unpaired) electrons. The van der Waals surface area contributed by atoms with Crippen LogP contribution in [-0.4, -0.2) is 14.4 Å². The fourth-order valence-corrected chi connectivity index (χ4v) is 2.07. The van der Waals surface area contributed by atoms with Crippen LogP contribution in [-0.2, 0) is 0 Å². The van der Waals surface area contributed by atoms with Crippen LogP contribution in [0.5, 0.6) is 0 Å². The van der Waals surface area contributed by atoms with Crippen molar-refractivity contribution in [2.24, 2.45) is 4.99 Å². The number of hydrogen-bond acceptors (Lipinski definition) is 2. The summed E-state index contributed by atoms with van der Waals surface area (Å²) < 4.78 is 12.6. The second-order valence-corrected chi connectivity index (χ2v) is 5.21. The van der Waals surface area contributed by atoms with Crippen LogP contribution >= 0.6 is 34.2 Å². The van der Waals surface area contributed by atoms with Gasteiger partial charge in [0.15, 0.2) is 0 Å². The zero-order valence-corrected chi connectivity index (χ0v) is 10.5. The van der Waals surface area contributed by atoms with Crippen LogP contribution in [0.2, 0.25) is 0 Å². The van der Waals surface area contributed by atoms with Crippen molar-refractivity contribution in [3.8, 4) is 0 Å². The van der Waals surface area contributed by atoms with Crippen LogP contribution in [0.3, 0.4) is 0 Å². The normalized spacial score (nSPS) is 25.8. The van der Waals surface area contributed by atoms with Crippen LogP contribution in [0, 0.1) is 0 Å². The van der Waals surface area contributed by atoms with E-state index in [0.717, 1.165) is 0 Å². The summed E-state index contributed by atoms with van der Waals surface area (Å²) in [5, 5.41) is 0.320. The quantitative estimate of drug-likeness (QED) is 0.438. The van der Waals surface area contributed by atoms with Crippen LogP contribution in [0.1, 0.15) is 12.1 Å². The van der Waals surface area contributed by atoms with Crippen LogP contribution in [0.15, 0.2) is 40.6 Å². The van der Waals surface area contributed by atoms with E-state index in [9.17, 15) is 4.39 Å². The second-order valence-electron chi connectivity index (χ2n) is 3.11. The molecule has 0 fully saturated rings. The van der Waals surface area contributed by atoms with Crippen molar-refractivity contribution >= 4 is 39.9 Å². The number of pyridine rings is 1.